The van der Waals surface area contributed by atoms with Gasteiger partial charge in [-0.15, -0.1) is 0 Å². The lowest BCUT2D eigenvalue weighted by atomic mass is 9.99. The molecule has 1 aliphatic heterocycles. The zero-order chi connectivity index (χ0) is 18.7. The molecule has 1 rings (SSSR count). The first kappa shape index (κ1) is 22.3. The van der Waals surface area contributed by atoms with Crippen molar-refractivity contribution in [1.29, 1.82) is 0 Å². The molecule has 0 spiro atoms. The Hall–Kier alpha value is -0.730. The number of carbonyl (C=O) groups is 1. The van der Waals surface area contributed by atoms with Gasteiger partial charge in [0.05, 0.1) is 0 Å². The maximum absolute atomic E-state index is 11.7. The van der Waals surface area contributed by atoms with Crippen molar-refractivity contribution in [3.8, 4) is 0 Å². The normalized spacial score (nSPS) is 29.6. The lowest BCUT2D eigenvalue weighted by Crippen LogP contribution is -2.58. The van der Waals surface area contributed by atoms with Gasteiger partial charge in [0.15, 0.2) is 6.29 Å². The van der Waals surface area contributed by atoms with Crippen molar-refractivity contribution in [3.63, 3.8) is 0 Å². The highest BCUT2D eigenvalue weighted by molar-refractivity contribution is 5.69. The van der Waals surface area contributed by atoms with Crippen LogP contribution in [0.1, 0.15) is 71.1 Å². The van der Waals surface area contributed by atoms with Crippen LogP contribution in [0.5, 0.6) is 0 Å². The molecule has 0 saturated carbocycles. The molecule has 0 aromatic heterocycles. The highest BCUT2D eigenvalue weighted by Gasteiger charge is 2.43. The van der Waals surface area contributed by atoms with Gasteiger partial charge in [-0.3, -0.25) is 4.79 Å². The van der Waals surface area contributed by atoms with Crippen LogP contribution in [-0.2, 0) is 14.3 Å². The van der Waals surface area contributed by atoms with Gasteiger partial charge in [0.25, 0.3) is 0 Å². The van der Waals surface area contributed by atoms with Crippen molar-refractivity contribution in [2.45, 2.75) is 102 Å². The molecule has 7 nitrogen and oxygen atoms in total. The predicted octanol–water partition coefficient (Wildman–Crippen LogP) is 1.25. The highest BCUT2D eigenvalue weighted by atomic mass is 16.6. The minimum Gasteiger partial charge on any atom is -0.463 e. The molecule has 5 atom stereocenters. The largest absolute Gasteiger partial charge is 0.463 e. The molecular formula is C18H34O7. The summed E-state index contributed by atoms with van der Waals surface area (Å²) in [6.07, 6.45) is 3.53. The Morgan fingerprint density at radius 1 is 0.840 bits per heavy atom. The molecule has 1 aliphatic rings. The Bertz CT molecular complexity index is 363. The fraction of sp³-hybridized carbons (Fsp3) is 0.944. The first-order valence-corrected chi connectivity index (χ1v) is 9.50. The predicted molar refractivity (Wildman–Crippen MR) is 91.7 cm³/mol. The van der Waals surface area contributed by atoms with E-state index >= 15 is 0 Å². The van der Waals surface area contributed by atoms with E-state index in [2.05, 4.69) is 6.92 Å². The highest BCUT2D eigenvalue weighted by Crippen LogP contribution is 2.20. The van der Waals surface area contributed by atoms with Crippen molar-refractivity contribution >= 4 is 5.97 Å². The number of carbonyl (C=O) groups excluding carboxylic acids is 1. The quantitative estimate of drug-likeness (QED) is 0.305. The molecule has 0 aromatic carbocycles. The number of hydrogen-bond donors (Lipinski definition) is 4. The zero-order valence-electron chi connectivity index (χ0n) is 15.2. The number of hydrogen-bond acceptors (Lipinski definition) is 7. The summed E-state index contributed by atoms with van der Waals surface area (Å²) in [7, 11) is 0. The summed E-state index contributed by atoms with van der Waals surface area (Å²) >= 11 is 0. The first-order chi connectivity index (χ1) is 12.0. The van der Waals surface area contributed by atoms with Crippen LogP contribution in [0.2, 0.25) is 0 Å². The van der Waals surface area contributed by atoms with Gasteiger partial charge in [0.1, 0.15) is 31.0 Å². The van der Waals surface area contributed by atoms with Gasteiger partial charge in [-0.05, 0) is 6.42 Å². The third kappa shape index (κ3) is 8.46. The SMILES string of the molecule is CCCCCCCCCCCC(=O)OCC1OC(O)C(O)C(O)C1O. The summed E-state index contributed by atoms with van der Waals surface area (Å²) in [4.78, 5) is 11.7. The second-order valence-electron chi connectivity index (χ2n) is 6.80. The molecule has 25 heavy (non-hydrogen) atoms. The molecule has 1 fully saturated rings. The number of rotatable bonds is 12. The summed E-state index contributed by atoms with van der Waals surface area (Å²) in [5.74, 6) is -0.395. The van der Waals surface area contributed by atoms with Gasteiger partial charge >= 0.3 is 5.97 Å². The van der Waals surface area contributed by atoms with Crippen molar-refractivity contribution in [2.75, 3.05) is 6.61 Å². The molecule has 5 unspecified atom stereocenters. The monoisotopic (exact) mass is 362 g/mol. The van der Waals surface area contributed by atoms with E-state index in [4.69, 9.17) is 9.47 Å². The average molecular weight is 362 g/mol. The number of esters is 1. The number of ether oxygens (including phenoxy) is 2. The minimum atomic E-state index is -1.61. The Morgan fingerprint density at radius 3 is 2.00 bits per heavy atom. The number of aliphatic hydroxyl groups excluding tert-OH is 4. The van der Waals surface area contributed by atoms with Crippen molar-refractivity contribution in [3.05, 3.63) is 0 Å². The summed E-state index contributed by atoms with van der Waals surface area (Å²) in [5, 5.41) is 38.1. The van der Waals surface area contributed by atoms with E-state index in [1.165, 1.54) is 38.5 Å². The van der Waals surface area contributed by atoms with Gasteiger partial charge in [0, 0.05) is 6.42 Å². The summed E-state index contributed by atoms with van der Waals surface area (Å²) in [6, 6.07) is 0. The molecule has 7 heteroatoms. The molecule has 1 heterocycles. The van der Waals surface area contributed by atoms with Crippen LogP contribution in [-0.4, -0.2) is 63.7 Å². The van der Waals surface area contributed by atoms with Crippen molar-refractivity contribution in [1.82, 2.24) is 0 Å². The third-order valence-electron chi connectivity index (χ3n) is 4.58. The summed E-state index contributed by atoms with van der Waals surface area (Å²) in [6.45, 7) is 1.94. The summed E-state index contributed by atoms with van der Waals surface area (Å²) in [5.41, 5.74) is 0. The fourth-order valence-electron chi connectivity index (χ4n) is 2.90. The second-order valence-corrected chi connectivity index (χ2v) is 6.80. The lowest BCUT2D eigenvalue weighted by Gasteiger charge is -2.37. The van der Waals surface area contributed by atoms with Gasteiger partial charge in [-0.1, -0.05) is 58.3 Å². The topological polar surface area (TPSA) is 116 Å². The average Bonchev–Trinajstić information content (AvgIpc) is 2.60. The van der Waals surface area contributed by atoms with Crippen LogP contribution in [0.25, 0.3) is 0 Å². The van der Waals surface area contributed by atoms with Crippen LogP contribution in [0.4, 0.5) is 0 Å². The van der Waals surface area contributed by atoms with Crippen molar-refractivity contribution < 1.29 is 34.7 Å². The van der Waals surface area contributed by atoms with Crippen LogP contribution in [0.3, 0.4) is 0 Å². The van der Waals surface area contributed by atoms with E-state index in [1.54, 1.807) is 0 Å². The van der Waals surface area contributed by atoms with Crippen LogP contribution in [0, 0.1) is 0 Å². The molecule has 0 amide bonds. The molecule has 0 bridgehead atoms. The zero-order valence-corrected chi connectivity index (χ0v) is 15.2. The fourth-order valence-corrected chi connectivity index (χ4v) is 2.90. The molecular weight excluding hydrogens is 328 g/mol. The van der Waals surface area contributed by atoms with Crippen LogP contribution in [0.15, 0.2) is 0 Å². The minimum absolute atomic E-state index is 0.266. The Balaban J connectivity index is 2.05. The molecule has 4 N–H and O–H groups in total. The van der Waals surface area contributed by atoms with E-state index < -0.39 is 36.7 Å². The number of unbranched alkanes of at least 4 members (excludes halogenated alkanes) is 8. The standard InChI is InChI=1S/C18H34O7/c1-2-3-4-5-6-7-8-9-10-11-14(19)24-12-13-15(20)16(21)17(22)18(23)25-13/h13,15-18,20-23H,2-12H2,1H3. The second kappa shape index (κ2) is 12.6. The van der Waals surface area contributed by atoms with Crippen LogP contribution < -0.4 is 0 Å². The van der Waals surface area contributed by atoms with E-state index in [0.717, 1.165) is 19.3 Å². The molecule has 1 saturated heterocycles. The summed E-state index contributed by atoms with van der Waals surface area (Å²) < 4.78 is 9.98. The van der Waals surface area contributed by atoms with Gasteiger partial charge < -0.3 is 29.9 Å². The Kier molecular flexibility index (Phi) is 11.2. The van der Waals surface area contributed by atoms with E-state index in [9.17, 15) is 25.2 Å². The molecule has 148 valence electrons. The smallest absolute Gasteiger partial charge is 0.305 e. The van der Waals surface area contributed by atoms with E-state index in [-0.39, 0.29) is 6.61 Å². The third-order valence-corrected chi connectivity index (χ3v) is 4.58. The first-order valence-electron chi connectivity index (χ1n) is 9.50. The lowest BCUT2D eigenvalue weighted by molar-refractivity contribution is -0.287. The van der Waals surface area contributed by atoms with E-state index in [1.807, 2.05) is 0 Å². The van der Waals surface area contributed by atoms with Crippen molar-refractivity contribution in [2.24, 2.45) is 0 Å². The maximum atomic E-state index is 11.7. The van der Waals surface area contributed by atoms with Gasteiger partial charge in [-0.2, -0.15) is 0 Å². The Morgan fingerprint density at radius 2 is 1.40 bits per heavy atom. The molecule has 0 aliphatic carbocycles. The van der Waals surface area contributed by atoms with Crippen LogP contribution >= 0.6 is 0 Å². The molecule has 0 radical (unpaired) electrons. The maximum Gasteiger partial charge on any atom is 0.305 e. The van der Waals surface area contributed by atoms with Gasteiger partial charge in [0.2, 0.25) is 0 Å². The number of aliphatic hydroxyl groups is 4. The van der Waals surface area contributed by atoms with E-state index in [0.29, 0.717) is 6.42 Å². The Labute approximate surface area is 150 Å². The molecule has 0 aromatic rings. The van der Waals surface area contributed by atoms with Gasteiger partial charge in [-0.25, -0.2) is 0 Å².